The van der Waals surface area contributed by atoms with Crippen molar-refractivity contribution in [2.45, 2.75) is 22.4 Å². The quantitative estimate of drug-likeness (QED) is 0.229. The molecule has 0 spiro atoms. The number of methoxy groups -OCH3 is 1. The number of hydrogen-bond acceptors (Lipinski definition) is 3. The minimum Gasteiger partial charge on any atom is -0.496 e. The summed E-state index contributed by atoms with van der Waals surface area (Å²) < 4.78 is 99.4. The van der Waals surface area contributed by atoms with Crippen LogP contribution in [-0.4, -0.2) is 16.3 Å². The fraction of sp³-hybridized carbons (Fsp3) is 0.115. The van der Waals surface area contributed by atoms with E-state index in [-0.39, 0.29) is 37.7 Å². The minimum atomic E-state index is -4.59. The molecule has 0 amide bonds. The maximum Gasteiger partial charge on any atom is 0.416 e. The van der Waals surface area contributed by atoms with E-state index >= 15 is 0 Å². The van der Waals surface area contributed by atoms with Gasteiger partial charge >= 0.3 is 12.4 Å². The SMILES string of the molecule is COc1ccc2cc(C(F)(F)F)ccc2c1-c1c(S(=O)c2ncc[n-]2)ccc2cc(C(F)(F)F)ccc12. The number of halogens is 6. The van der Waals surface area contributed by atoms with Crippen molar-refractivity contribution in [2.24, 2.45) is 0 Å². The molecule has 1 heterocycles. The van der Waals surface area contributed by atoms with Gasteiger partial charge in [0.1, 0.15) is 5.75 Å². The second-order valence-electron chi connectivity index (χ2n) is 8.06. The van der Waals surface area contributed by atoms with Gasteiger partial charge < -0.3 is 14.7 Å². The first-order chi connectivity index (χ1) is 17.5. The normalized spacial score (nSPS) is 13.3. The van der Waals surface area contributed by atoms with Gasteiger partial charge in [0, 0.05) is 16.3 Å². The van der Waals surface area contributed by atoms with E-state index in [4.69, 9.17) is 4.74 Å². The lowest BCUT2D eigenvalue weighted by Gasteiger charge is -2.20. The van der Waals surface area contributed by atoms with Crippen LogP contribution in [0.3, 0.4) is 0 Å². The van der Waals surface area contributed by atoms with Gasteiger partial charge in [-0.1, -0.05) is 36.7 Å². The van der Waals surface area contributed by atoms with Crippen molar-refractivity contribution in [3.05, 3.63) is 84.2 Å². The summed E-state index contributed by atoms with van der Waals surface area (Å²) in [5.41, 5.74) is -1.21. The van der Waals surface area contributed by atoms with Gasteiger partial charge in [0.2, 0.25) is 0 Å². The molecule has 0 N–H and O–H groups in total. The van der Waals surface area contributed by atoms with E-state index in [1.165, 1.54) is 55.9 Å². The van der Waals surface area contributed by atoms with Gasteiger partial charge in [-0.15, -0.1) is 0 Å². The summed E-state index contributed by atoms with van der Waals surface area (Å²) >= 11 is 0. The molecule has 0 saturated heterocycles. The van der Waals surface area contributed by atoms with Crippen molar-refractivity contribution in [3.8, 4) is 16.9 Å². The van der Waals surface area contributed by atoms with Gasteiger partial charge in [-0.3, -0.25) is 0 Å². The van der Waals surface area contributed by atoms with Crippen molar-refractivity contribution in [3.63, 3.8) is 0 Å². The highest BCUT2D eigenvalue weighted by molar-refractivity contribution is 7.85. The average molecular weight is 533 g/mol. The maximum atomic E-state index is 13.5. The van der Waals surface area contributed by atoms with Crippen LogP contribution in [0.2, 0.25) is 0 Å². The Morgan fingerprint density at radius 2 is 1.35 bits per heavy atom. The van der Waals surface area contributed by atoms with Gasteiger partial charge in [0.15, 0.2) is 0 Å². The van der Waals surface area contributed by atoms with Crippen LogP contribution in [0.25, 0.3) is 32.7 Å². The van der Waals surface area contributed by atoms with Crippen LogP contribution in [0.1, 0.15) is 11.1 Å². The molecule has 11 heteroatoms. The third kappa shape index (κ3) is 4.43. The molecule has 0 aliphatic heterocycles. The number of benzene rings is 4. The Bertz CT molecular complexity index is 1660. The highest BCUT2D eigenvalue weighted by Gasteiger charge is 2.32. The largest absolute Gasteiger partial charge is 0.496 e. The molecule has 1 unspecified atom stereocenters. The van der Waals surface area contributed by atoms with E-state index in [2.05, 4.69) is 9.97 Å². The number of alkyl halides is 6. The third-order valence-corrected chi connectivity index (χ3v) is 7.17. The fourth-order valence-electron chi connectivity index (χ4n) is 4.23. The molecular formula is C26H15F6N2O2S-. The van der Waals surface area contributed by atoms with Gasteiger partial charge in [-0.2, -0.15) is 26.3 Å². The van der Waals surface area contributed by atoms with Gasteiger partial charge in [0.05, 0.1) is 33.9 Å². The van der Waals surface area contributed by atoms with Crippen LogP contribution < -0.4 is 9.72 Å². The number of nitrogens with zero attached hydrogens (tertiary/aromatic N) is 2. The summed E-state index contributed by atoms with van der Waals surface area (Å²) in [6.45, 7) is 0. The zero-order valence-electron chi connectivity index (χ0n) is 18.8. The van der Waals surface area contributed by atoms with Crippen molar-refractivity contribution in [1.29, 1.82) is 0 Å². The number of aromatic nitrogens is 2. The highest BCUT2D eigenvalue weighted by atomic mass is 32.2. The zero-order valence-corrected chi connectivity index (χ0v) is 19.6. The number of rotatable bonds is 4. The molecule has 1 atom stereocenters. The summed E-state index contributed by atoms with van der Waals surface area (Å²) in [6, 6.07) is 12.0. The minimum absolute atomic E-state index is 0.0222. The topological polar surface area (TPSA) is 53.3 Å². The number of ether oxygens (including phenoxy) is 1. The Morgan fingerprint density at radius 1 is 0.784 bits per heavy atom. The van der Waals surface area contributed by atoms with E-state index in [0.29, 0.717) is 10.8 Å². The maximum absolute atomic E-state index is 13.5. The average Bonchev–Trinajstić information content (AvgIpc) is 3.40. The summed E-state index contributed by atoms with van der Waals surface area (Å²) in [4.78, 5) is 8.13. The van der Waals surface area contributed by atoms with Crippen LogP contribution in [0.4, 0.5) is 26.3 Å². The van der Waals surface area contributed by atoms with E-state index in [9.17, 15) is 30.6 Å². The number of fused-ring (bicyclic) bond motifs is 2. The van der Waals surface area contributed by atoms with Crippen molar-refractivity contribution in [1.82, 2.24) is 9.97 Å². The van der Waals surface area contributed by atoms with E-state index in [1.807, 2.05) is 0 Å². The Labute approximate surface area is 208 Å². The van der Waals surface area contributed by atoms with Crippen LogP contribution in [0.5, 0.6) is 5.75 Å². The van der Waals surface area contributed by atoms with Gasteiger partial charge in [0.25, 0.3) is 0 Å². The molecule has 190 valence electrons. The van der Waals surface area contributed by atoms with Gasteiger partial charge in [-0.25, -0.2) is 4.21 Å². The smallest absolute Gasteiger partial charge is 0.416 e. The molecule has 0 aliphatic carbocycles. The molecule has 5 rings (SSSR count). The highest BCUT2D eigenvalue weighted by Crippen LogP contribution is 2.45. The first-order valence-electron chi connectivity index (χ1n) is 10.7. The summed E-state index contributed by atoms with van der Waals surface area (Å²) in [5, 5.41) is 1.03. The molecule has 0 radical (unpaired) electrons. The second-order valence-corrected chi connectivity index (χ2v) is 9.40. The van der Waals surface area contributed by atoms with Crippen LogP contribution in [0.15, 0.2) is 83.1 Å². The molecule has 1 aromatic heterocycles. The van der Waals surface area contributed by atoms with Crippen LogP contribution in [0, 0.1) is 0 Å². The molecule has 4 nitrogen and oxygen atoms in total. The Kier molecular flexibility index (Phi) is 5.98. The monoisotopic (exact) mass is 533 g/mol. The van der Waals surface area contributed by atoms with Crippen molar-refractivity contribution in [2.75, 3.05) is 7.11 Å². The summed E-state index contributed by atoms with van der Waals surface area (Å²) in [6.07, 6.45) is -6.48. The van der Waals surface area contributed by atoms with E-state index < -0.39 is 34.3 Å². The molecule has 0 aliphatic rings. The summed E-state index contributed by atoms with van der Waals surface area (Å²) in [7, 11) is -0.598. The zero-order chi connectivity index (χ0) is 26.5. The lowest BCUT2D eigenvalue weighted by Crippen LogP contribution is -2.06. The standard InChI is InChI=1S/C26H15F6N2O2S/c1-36-20-8-2-14-12-16(25(27,28)29)4-6-18(14)22(20)23-19-7-5-17(26(30,31)32)13-15(19)3-9-21(23)37(35)24-33-10-11-34-24/h2-13H,1H3/q-1. The number of imidazole rings is 1. The van der Waals surface area contributed by atoms with Crippen molar-refractivity contribution >= 4 is 32.3 Å². The second kappa shape index (κ2) is 8.91. The predicted molar refractivity (Wildman–Crippen MR) is 126 cm³/mol. The van der Waals surface area contributed by atoms with Crippen LogP contribution >= 0.6 is 0 Å². The molecule has 0 fully saturated rings. The molecule has 5 aromatic rings. The molecular weight excluding hydrogens is 518 g/mol. The van der Waals surface area contributed by atoms with E-state index in [0.717, 1.165) is 24.3 Å². The Morgan fingerprint density at radius 3 is 1.86 bits per heavy atom. The third-order valence-electron chi connectivity index (χ3n) is 5.89. The Hall–Kier alpha value is -3.86. The molecule has 4 aromatic carbocycles. The molecule has 37 heavy (non-hydrogen) atoms. The predicted octanol–water partition coefficient (Wildman–Crippen LogP) is 7.23. The lowest BCUT2D eigenvalue weighted by molar-refractivity contribution is -0.138. The first kappa shape index (κ1) is 24.8. The summed E-state index contributed by atoms with van der Waals surface area (Å²) in [5.74, 6) is 0.237. The fourth-order valence-corrected chi connectivity index (χ4v) is 5.33. The van der Waals surface area contributed by atoms with E-state index in [1.54, 1.807) is 0 Å². The van der Waals surface area contributed by atoms with Crippen molar-refractivity contribution < 1.29 is 35.3 Å². The Balaban J connectivity index is 1.89. The molecule has 0 bridgehead atoms. The van der Waals surface area contributed by atoms with Gasteiger partial charge in [-0.05, 0) is 57.9 Å². The first-order valence-corrected chi connectivity index (χ1v) is 11.8. The molecule has 0 saturated carbocycles. The number of hydrogen-bond donors (Lipinski definition) is 0. The lowest BCUT2D eigenvalue weighted by atomic mass is 9.91. The van der Waals surface area contributed by atoms with Crippen LogP contribution in [-0.2, 0) is 23.2 Å².